The van der Waals surface area contributed by atoms with Crippen molar-refractivity contribution in [2.75, 3.05) is 24.2 Å². The number of nitrogens with one attached hydrogen (secondary N) is 1. The maximum absolute atomic E-state index is 13.9. The van der Waals surface area contributed by atoms with Crippen LogP contribution in [0.2, 0.25) is 10.0 Å². The molecule has 0 aliphatic rings. The summed E-state index contributed by atoms with van der Waals surface area (Å²) in [5.41, 5.74) is 2.05. The molecule has 0 aromatic heterocycles. The Hall–Kier alpha value is -3.27. The van der Waals surface area contributed by atoms with E-state index in [1.165, 1.54) is 11.4 Å². The number of ether oxygens (including phenoxy) is 1. The van der Waals surface area contributed by atoms with Gasteiger partial charge < -0.3 is 15.0 Å². The molecule has 0 saturated heterocycles. The molecule has 3 aromatic carbocycles. The normalized spacial score (nSPS) is 12.1. The SMILES string of the molecule is COc1cccc(N(CCCC(=O)N(Cc2ccc(Cl)c(Cl)c2)[C@@H](Cc2ccccc2)C(=O)NC(C)C)S(C)(=O)=O)c1. The molecule has 0 heterocycles. The number of rotatable bonds is 14. The van der Waals surface area contributed by atoms with Gasteiger partial charge in [0.05, 0.1) is 29.1 Å². The van der Waals surface area contributed by atoms with Crippen molar-refractivity contribution in [3.8, 4) is 5.75 Å². The van der Waals surface area contributed by atoms with Gasteiger partial charge in [0.15, 0.2) is 0 Å². The van der Waals surface area contributed by atoms with Crippen LogP contribution < -0.4 is 14.4 Å². The van der Waals surface area contributed by atoms with E-state index in [9.17, 15) is 18.0 Å². The zero-order chi connectivity index (χ0) is 30.9. The van der Waals surface area contributed by atoms with Crippen molar-refractivity contribution in [1.29, 1.82) is 0 Å². The maximum Gasteiger partial charge on any atom is 0.243 e. The molecule has 0 unspecified atom stereocenters. The van der Waals surface area contributed by atoms with E-state index < -0.39 is 16.1 Å². The van der Waals surface area contributed by atoms with E-state index in [0.717, 1.165) is 11.8 Å². The number of amides is 2. The number of hydrogen-bond acceptors (Lipinski definition) is 5. The second-order valence-corrected chi connectivity index (χ2v) is 13.0. The molecule has 3 aromatic rings. The van der Waals surface area contributed by atoms with Gasteiger partial charge in [0.2, 0.25) is 21.8 Å². The third-order valence-electron chi connectivity index (χ3n) is 6.53. The summed E-state index contributed by atoms with van der Waals surface area (Å²) in [6, 6.07) is 20.4. The van der Waals surface area contributed by atoms with Crippen molar-refractivity contribution in [2.45, 2.75) is 51.7 Å². The first-order chi connectivity index (χ1) is 19.9. The van der Waals surface area contributed by atoms with E-state index >= 15 is 0 Å². The largest absolute Gasteiger partial charge is 0.497 e. The molecule has 11 heteroatoms. The Labute approximate surface area is 258 Å². The van der Waals surface area contributed by atoms with Gasteiger partial charge in [-0.15, -0.1) is 0 Å². The molecular weight excluding hydrogens is 597 g/mol. The van der Waals surface area contributed by atoms with Gasteiger partial charge in [-0.2, -0.15) is 0 Å². The first-order valence-electron chi connectivity index (χ1n) is 13.6. The van der Waals surface area contributed by atoms with Crippen molar-refractivity contribution >= 4 is 50.7 Å². The summed E-state index contributed by atoms with van der Waals surface area (Å²) in [4.78, 5) is 29.0. The van der Waals surface area contributed by atoms with Gasteiger partial charge >= 0.3 is 0 Å². The standard InChI is InChI=1S/C31H37Cl2N3O5S/c1-22(2)34-31(38)29(19-23-10-6-5-7-11-23)35(21-24-15-16-27(32)28(33)18-24)30(37)14-9-17-36(42(4,39)40)25-12-8-13-26(20-25)41-3/h5-8,10-13,15-16,18,20,22,29H,9,14,17,19,21H2,1-4H3,(H,34,38)/t29-/m0/s1. The molecule has 2 amide bonds. The molecule has 0 radical (unpaired) electrons. The van der Waals surface area contributed by atoms with Gasteiger partial charge in [0.25, 0.3) is 0 Å². The predicted octanol–water partition coefficient (Wildman–Crippen LogP) is 5.71. The van der Waals surface area contributed by atoms with E-state index in [4.69, 9.17) is 27.9 Å². The summed E-state index contributed by atoms with van der Waals surface area (Å²) in [6.45, 7) is 3.91. The van der Waals surface area contributed by atoms with Gasteiger partial charge in [0, 0.05) is 38.0 Å². The highest BCUT2D eigenvalue weighted by molar-refractivity contribution is 7.92. The third kappa shape index (κ3) is 9.64. The highest BCUT2D eigenvalue weighted by Crippen LogP contribution is 2.26. The van der Waals surface area contributed by atoms with Crippen LogP contribution in [0.1, 0.15) is 37.8 Å². The summed E-state index contributed by atoms with van der Waals surface area (Å²) >= 11 is 12.4. The first-order valence-corrected chi connectivity index (χ1v) is 16.2. The Morgan fingerprint density at radius 2 is 1.64 bits per heavy atom. The summed E-state index contributed by atoms with van der Waals surface area (Å²) in [5, 5.41) is 3.68. The fraction of sp³-hybridized carbons (Fsp3) is 0.355. The first kappa shape index (κ1) is 33.2. The Morgan fingerprint density at radius 3 is 2.26 bits per heavy atom. The number of sulfonamides is 1. The van der Waals surface area contributed by atoms with Crippen molar-refractivity contribution in [3.05, 3.63) is 94.0 Å². The summed E-state index contributed by atoms with van der Waals surface area (Å²) in [6.07, 6.45) is 1.66. The second kappa shape index (κ2) is 15.3. The van der Waals surface area contributed by atoms with Crippen LogP contribution in [0.15, 0.2) is 72.8 Å². The molecule has 0 fully saturated rings. The van der Waals surface area contributed by atoms with Crippen LogP contribution in [0.5, 0.6) is 5.75 Å². The van der Waals surface area contributed by atoms with Gasteiger partial charge in [-0.3, -0.25) is 13.9 Å². The molecule has 42 heavy (non-hydrogen) atoms. The average Bonchev–Trinajstić information content (AvgIpc) is 2.94. The summed E-state index contributed by atoms with van der Waals surface area (Å²) in [7, 11) is -2.13. The van der Waals surface area contributed by atoms with Crippen molar-refractivity contribution in [1.82, 2.24) is 10.2 Å². The topological polar surface area (TPSA) is 96.0 Å². The van der Waals surface area contributed by atoms with E-state index in [-0.39, 0.29) is 43.8 Å². The Morgan fingerprint density at radius 1 is 0.929 bits per heavy atom. The van der Waals surface area contributed by atoms with Gasteiger partial charge in [-0.25, -0.2) is 8.42 Å². The molecule has 3 rings (SSSR count). The second-order valence-electron chi connectivity index (χ2n) is 10.3. The minimum atomic E-state index is -3.64. The van der Waals surface area contributed by atoms with E-state index in [0.29, 0.717) is 33.5 Å². The van der Waals surface area contributed by atoms with Crippen molar-refractivity contribution in [3.63, 3.8) is 0 Å². The van der Waals surface area contributed by atoms with Crippen LogP contribution in [-0.2, 0) is 32.6 Å². The highest BCUT2D eigenvalue weighted by atomic mass is 35.5. The molecule has 0 aliphatic heterocycles. The Balaban J connectivity index is 1.90. The predicted molar refractivity (Wildman–Crippen MR) is 169 cm³/mol. The molecular formula is C31H37Cl2N3O5S. The number of carbonyl (C=O) groups is 2. The van der Waals surface area contributed by atoms with Crippen molar-refractivity contribution < 1.29 is 22.7 Å². The molecule has 0 spiro atoms. The number of methoxy groups -OCH3 is 1. The zero-order valence-electron chi connectivity index (χ0n) is 24.2. The van der Waals surface area contributed by atoms with Crippen LogP contribution in [0, 0.1) is 0 Å². The van der Waals surface area contributed by atoms with Gasteiger partial charge in [-0.05, 0) is 55.7 Å². The van der Waals surface area contributed by atoms with Gasteiger partial charge in [0.1, 0.15) is 11.8 Å². The van der Waals surface area contributed by atoms with Crippen LogP contribution in [-0.4, -0.2) is 57.1 Å². The summed E-state index contributed by atoms with van der Waals surface area (Å²) < 4.78 is 31.8. The lowest BCUT2D eigenvalue weighted by Gasteiger charge is -2.32. The molecule has 226 valence electrons. The highest BCUT2D eigenvalue weighted by Gasteiger charge is 2.31. The van der Waals surface area contributed by atoms with E-state index in [1.54, 1.807) is 47.4 Å². The molecule has 0 aliphatic carbocycles. The number of carbonyl (C=O) groups excluding carboxylic acids is 2. The number of anilines is 1. The minimum absolute atomic E-state index is 0.0115. The Kier molecular flexibility index (Phi) is 12.1. The third-order valence-corrected chi connectivity index (χ3v) is 8.47. The molecule has 0 bridgehead atoms. The number of hydrogen-bond donors (Lipinski definition) is 1. The number of benzene rings is 3. The van der Waals surface area contributed by atoms with Crippen molar-refractivity contribution in [2.24, 2.45) is 0 Å². The maximum atomic E-state index is 13.9. The smallest absolute Gasteiger partial charge is 0.243 e. The average molecular weight is 635 g/mol. The zero-order valence-corrected chi connectivity index (χ0v) is 26.5. The number of nitrogens with zero attached hydrogens (tertiary/aromatic N) is 2. The minimum Gasteiger partial charge on any atom is -0.497 e. The van der Waals surface area contributed by atoms with Gasteiger partial charge in [-0.1, -0.05) is 65.7 Å². The molecule has 1 N–H and O–H groups in total. The molecule has 8 nitrogen and oxygen atoms in total. The lowest BCUT2D eigenvalue weighted by molar-refractivity contribution is -0.141. The lowest BCUT2D eigenvalue weighted by Crippen LogP contribution is -2.51. The number of halogens is 2. The van der Waals surface area contributed by atoms with E-state index in [2.05, 4.69) is 5.32 Å². The summed E-state index contributed by atoms with van der Waals surface area (Å²) in [5.74, 6) is -0.0543. The fourth-order valence-electron chi connectivity index (χ4n) is 4.54. The van der Waals surface area contributed by atoms with Crippen LogP contribution >= 0.6 is 23.2 Å². The van der Waals surface area contributed by atoms with Crippen LogP contribution in [0.25, 0.3) is 0 Å². The van der Waals surface area contributed by atoms with Crippen LogP contribution in [0.4, 0.5) is 5.69 Å². The molecule has 1 atom stereocenters. The quantitative estimate of drug-likeness (QED) is 0.245. The van der Waals surface area contributed by atoms with E-state index in [1.807, 2.05) is 44.2 Å². The fourth-order valence-corrected chi connectivity index (χ4v) is 5.82. The Bertz CT molecular complexity index is 1470. The monoisotopic (exact) mass is 633 g/mol. The molecule has 0 saturated carbocycles. The lowest BCUT2D eigenvalue weighted by atomic mass is 10.0. The van der Waals surface area contributed by atoms with Crippen LogP contribution in [0.3, 0.4) is 0 Å².